The van der Waals surface area contributed by atoms with E-state index < -0.39 is 60.8 Å². The van der Waals surface area contributed by atoms with Gasteiger partial charge in [0.1, 0.15) is 6.54 Å². The smallest absolute Gasteiger partial charge is 0.416 e. The fraction of sp³-hybridized carbons (Fsp3) is 0.333. The molecule has 0 radical (unpaired) electrons. The lowest BCUT2D eigenvalue weighted by Gasteiger charge is -2.20. The van der Waals surface area contributed by atoms with Gasteiger partial charge >= 0.3 is 24.1 Å². The average molecular weight is 610 g/mol. The molecule has 1 unspecified atom stereocenters. The molecule has 41 heavy (non-hydrogen) atoms. The molecule has 4 N–H and O–H groups in total. The number of nitrogens with zero attached hydrogens (tertiary/aromatic N) is 3. The van der Waals surface area contributed by atoms with Gasteiger partial charge in [-0.2, -0.15) is 26.3 Å². The Morgan fingerprint density at radius 2 is 1.76 bits per heavy atom. The van der Waals surface area contributed by atoms with Crippen molar-refractivity contribution in [2.75, 3.05) is 6.61 Å². The number of benzene rings is 2. The highest BCUT2D eigenvalue weighted by molar-refractivity contribution is 6.30. The van der Waals surface area contributed by atoms with Gasteiger partial charge in [-0.25, -0.2) is 14.3 Å². The Bertz CT molecular complexity index is 1440. The number of hydrogen-bond donors (Lipinski definition) is 3. The number of rotatable bonds is 10. The molecule has 0 saturated heterocycles. The highest BCUT2D eigenvalue weighted by Gasteiger charge is 2.39. The Hall–Kier alpha value is -4.05. The van der Waals surface area contributed by atoms with Gasteiger partial charge in [0, 0.05) is 17.0 Å². The molecule has 0 fully saturated rings. The molecule has 222 valence electrons. The number of nitrogens with one attached hydrogen (secondary N) is 1. The number of carbonyl (C=O) groups excluding carboxylic acids is 2. The SMILES string of the molecule is NC(=O)OCCC(NC(=O)Cn1nc(-c2ccc(Cl)cc2)n(C[C@H](O)C(F)(F)F)c1=O)c1cccc(C(F)(F)F)c1. The van der Waals surface area contributed by atoms with E-state index in [4.69, 9.17) is 17.3 Å². The minimum Gasteiger partial charge on any atom is -0.450 e. The van der Waals surface area contributed by atoms with Crippen LogP contribution in [0.3, 0.4) is 0 Å². The number of carbonyl (C=O) groups is 2. The second kappa shape index (κ2) is 12.6. The van der Waals surface area contributed by atoms with Crippen LogP contribution < -0.4 is 16.7 Å². The predicted molar refractivity (Wildman–Crippen MR) is 131 cm³/mol. The summed E-state index contributed by atoms with van der Waals surface area (Å²) in [5, 5.41) is 16.2. The van der Waals surface area contributed by atoms with Crippen LogP contribution in [-0.2, 0) is 28.8 Å². The van der Waals surface area contributed by atoms with Crippen molar-refractivity contribution < 1.29 is 45.8 Å². The largest absolute Gasteiger partial charge is 0.450 e. The summed E-state index contributed by atoms with van der Waals surface area (Å²) in [6.07, 6.45) is -14.1. The van der Waals surface area contributed by atoms with Gasteiger partial charge in [-0.15, -0.1) is 5.10 Å². The number of primary amides is 1. The summed E-state index contributed by atoms with van der Waals surface area (Å²) in [5.41, 5.74) is 2.84. The van der Waals surface area contributed by atoms with E-state index in [0.29, 0.717) is 9.25 Å². The Kier molecular flexibility index (Phi) is 9.70. The first kappa shape index (κ1) is 31.5. The molecule has 1 heterocycles. The van der Waals surface area contributed by atoms with E-state index in [9.17, 15) is 45.8 Å². The zero-order valence-corrected chi connectivity index (χ0v) is 21.5. The number of halogens is 7. The molecule has 2 aromatic carbocycles. The van der Waals surface area contributed by atoms with Crippen LogP contribution in [0.15, 0.2) is 53.3 Å². The summed E-state index contributed by atoms with van der Waals surface area (Å²) in [7, 11) is 0. The van der Waals surface area contributed by atoms with E-state index in [2.05, 4.69) is 15.2 Å². The maximum Gasteiger partial charge on any atom is 0.416 e. The summed E-state index contributed by atoms with van der Waals surface area (Å²) in [4.78, 5) is 36.8. The maximum atomic E-state index is 13.2. The molecule has 0 saturated carbocycles. The topological polar surface area (TPSA) is 141 Å². The predicted octanol–water partition coefficient (Wildman–Crippen LogP) is 3.65. The average Bonchev–Trinajstić information content (AvgIpc) is 3.17. The molecule has 3 aromatic rings. The molecule has 0 aliphatic carbocycles. The standard InChI is InChI=1S/C24H22ClF6N5O5/c25-16-6-4-13(5-7-16)20-34-36(22(40)35(20)11-18(37)24(29,30)31)12-19(38)33-17(8-9-41-21(32)39)14-2-1-3-15(10-14)23(26,27)28/h1-7,10,17-18,37H,8-9,11-12H2,(H2,32,39)(H,33,38)/t17?,18-/m0/s1. The van der Waals surface area contributed by atoms with Gasteiger partial charge in [-0.3, -0.25) is 9.36 Å². The van der Waals surface area contributed by atoms with E-state index >= 15 is 0 Å². The molecule has 0 spiro atoms. The van der Waals surface area contributed by atoms with Crippen molar-refractivity contribution in [2.24, 2.45) is 5.73 Å². The third-order valence-corrected chi connectivity index (χ3v) is 5.91. The molecule has 2 atom stereocenters. The van der Waals surface area contributed by atoms with Crippen molar-refractivity contribution in [3.63, 3.8) is 0 Å². The fourth-order valence-electron chi connectivity index (χ4n) is 3.70. The number of hydrogen-bond acceptors (Lipinski definition) is 6. The lowest BCUT2D eigenvalue weighted by atomic mass is 10.0. The lowest BCUT2D eigenvalue weighted by molar-refractivity contribution is -0.207. The molecule has 0 aliphatic rings. The molecule has 0 aliphatic heterocycles. The molecule has 17 heteroatoms. The van der Waals surface area contributed by atoms with Gasteiger partial charge in [-0.05, 0) is 42.0 Å². The minimum atomic E-state index is -5.07. The summed E-state index contributed by atoms with van der Waals surface area (Å²) in [6.45, 7) is -2.49. The third-order valence-electron chi connectivity index (χ3n) is 5.65. The third kappa shape index (κ3) is 8.47. The van der Waals surface area contributed by atoms with Crippen LogP contribution in [0, 0.1) is 0 Å². The van der Waals surface area contributed by atoms with Crippen molar-refractivity contribution in [2.45, 2.75) is 44.0 Å². The number of aliphatic hydroxyl groups is 1. The minimum absolute atomic E-state index is 0.0192. The first-order chi connectivity index (χ1) is 19.1. The Labute approximate surface area is 232 Å². The molecule has 1 aromatic heterocycles. The van der Waals surface area contributed by atoms with Crippen molar-refractivity contribution >= 4 is 23.6 Å². The maximum absolute atomic E-state index is 13.2. The lowest BCUT2D eigenvalue weighted by Crippen LogP contribution is -2.39. The molecule has 2 amide bonds. The quantitative estimate of drug-likeness (QED) is 0.300. The zero-order chi connectivity index (χ0) is 30.5. The van der Waals surface area contributed by atoms with Crippen LogP contribution >= 0.6 is 11.6 Å². The summed E-state index contributed by atoms with van der Waals surface area (Å²) in [5.74, 6) is -1.27. The van der Waals surface area contributed by atoms with Gasteiger partial charge < -0.3 is 20.9 Å². The summed E-state index contributed by atoms with van der Waals surface area (Å²) >= 11 is 5.84. The van der Waals surface area contributed by atoms with Crippen molar-refractivity contribution in [3.05, 3.63) is 75.2 Å². The van der Waals surface area contributed by atoms with Crippen molar-refractivity contribution in [3.8, 4) is 11.4 Å². The van der Waals surface area contributed by atoms with E-state index in [0.717, 1.165) is 18.2 Å². The van der Waals surface area contributed by atoms with E-state index in [1.54, 1.807) is 0 Å². The van der Waals surface area contributed by atoms with Gasteiger partial charge in [-0.1, -0.05) is 23.7 Å². The van der Waals surface area contributed by atoms with Crippen LogP contribution in [0.25, 0.3) is 11.4 Å². The first-order valence-corrected chi connectivity index (χ1v) is 12.0. The highest BCUT2D eigenvalue weighted by atomic mass is 35.5. The summed E-state index contributed by atoms with van der Waals surface area (Å²) < 4.78 is 84.5. The van der Waals surface area contributed by atoms with Crippen LogP contribution in [0.4, 0.5) is 31.1 Å². The molecule has 3 rings (SSSR count). The van der Waals surface area contributed by atoms with Gasteiger partial charge in [0.05, 0.1) is 24.8 Å². The number of aliphatic hydroxyl groups excluding tert-OH is 1. The Morgan fingerprint density at radius 3 is 2.34 bits per heavy atom. The van der Waals surface area contributed by atoms with Crippen LogP contribution in [0.5, 0.6) is 0 Å². The van der Waals surface area contributed by atoms with Gasteiger partial charge in [0.25, 0.3) is 0 Å². The highest BCUT2D eigenvalue weighted by Crippen LogP contribution is 2.31. The van der Waals surface area contributed by atoms with Crippen molar-refractivity contribution in [1.82, 2.24) is 19.7 Å². The normalized spacial score (nSPS) is 13.5. The molecular weight excluding hydrogens is 588 g/mol. The molecule has 0 bridgehead atoms. The second-order valence-corrected chi connectivity index (χ2v) is 9.07. The molecule has 10 nitrogen and oxygen atoms in total. The number of ether oxygens (including phenoxy) is 1. The monoisotopic (exact) mass is 609 g/mol. The van der Waals surface area contributed by atoms with E-state index in [1.807, 2.05) is 0 Å². The number of amides is 2. The second-order valence-electron chi connectivity index (χ2n) is 8.64. The van der Waals surface area contributed by atoms with Crippen molar-refractivity contribution in [1.29, 1.82) is 0 Å². The van der Waals surface area contributed by atoms with E-state index in [1.165, 1.54) is 30.3 Å². The number of alkyl halides is 6. The number of aromatic nitrogens is 3. The van der Waals surface area contributed by atoms with Crippen LogP contribution in [0.2, 0.25) is 5.02 Å². The zero-order valence-electron chi connectivity index (χ0n) is 20.7. The molecular formula is C24H22ClF6N5O5. The van der Waals surface area contributed by atoms with Crippen LogP contribution in [0.1, 0.15) is 23.6 Å². The Balaban J connectivity index is 1.92. The fourth-order valence-corrected chi connectivity index (χ4v) is 3.83. The van der Waals surface area contributed by atoms with Gasteiger partial charge in [0.15, 0.2) is 11.9 Å². The first-order valence-electron chi connectivity index (χ1n) is 11.6. The van der Waals surface area contributed by atoms with E-state index in [-0.39, 0.29) is 35.0 Å². The summed E-state index contributed by atoms with van der Waals surface area (Å²) in [6, 6.07) is 8.27. The van der Waals surface area contributed by atoms with Gasteiger partial charge in [0.2, 0.25) is 5.91 Å². The Morgan fingerprint density at radius 1 is 1.10 bits per heavy atom. The van der Waals surface area contributed by atoms with Crippen LogP contribution in [-0.4, -0.2) is 50.3 Å². The number of nitrogens with two attached hydrogens (primary N) is 1.